The lowest BCUT2D eigenvalue weighted by atomic mass is 10.0. The number of halogens is 4. The SMILES string of the molecule is Cn1cc(C(F)(F)F)nc1-c1ccc(Cc2nc(Cl)ncc2C2CC2)cc1. The number of alkyl halides is 3. The molecule has 140 valence electrons. The van der Waals surface area contributed by atoms with E-state index < -0.39 is 11.9 Å². The molecule has 0 unspecified atom stereocenters. The quantitative estimate of drug-likeness (QED) is 0.586. The minimum atomic E-state index is -4.46. The first kappa shape index (κ1) is 18.0. The fraction of sp³-hybridized carbons (Fsp3) is 0.316. The van der Waals surface area contributed by atoms with Crippen molar-refractivity contribution >= 4 is 11.6 Å². The van der Waals surface area contributed by atoms with Gasteiger partial charge in [0.2, 0.25) is 5.28 Å². The van der Waals surface area contributed by atoms with Crippen LogP contribution >= 0.6 is 11.6 Å². The topological polar surface area (TPSA) is 43.6 Å². The normalized spacial score (nSPS) is 14.6. The van der Waals surface area contributed by atoms with Crippen LogP contribution in [-0.2, 0) is 19.6 Å². The second-order valence-electron chi connectivity index (χ2n) is 6.75. The second kappa shape index (κ2) is 6.64. The fourth-order valence-corrected chi connectivity index (χ4v) is 3.27. The van der Waals surface area contributed by atoms with Crippen molar-refractivity contribution in [1.82, 2.24) is 19.5 Å². The predicted octanol–water partition coefficient (Wildman–Crippen LogP) is 5.02. The molecule has 0 spiro atoms. The van der Waals surface area contributed by atoms with E-state index in [-0.39, 0.29) is 11.1 Å². The minimum Gasteiger partial charge on any atom is -0.333 e. The van der Waals surface area contributed by atoms with Crippen LogP contribution in [0.25, 0.3) is 11.4 Å². The minimum absolute atomic E-state index is 0.221. The van der Waals surface area contributed by atoms with Gasteiger partial charge in [0.15, 0.2) is 5.69 Å². The lowest BCUT2D eigenvalue weighted by Gasteiger charge is -2.09. The summed E-state index contributed by atoms with van der Waals surface area (Å²) in [6.45, 7) is 0. The Morgan fingerprint density at radius 2 is 1.85 bits per heavy atom. The summed E-state index contributed by atoms with van der Waals surface area (Å²) in [4.78, 5) is 12.2. The third kappa shape index (κ3) is 3.83. The lowest BCUT2D eigenvalue weighted by molar-refractivity contribution is -0.140. The highest BCUT2D eigenvalue weighted by molar-refractivity contribution is 6.28. The number of hydrogen-bond donors (Lipinski definition) is 0. The van der Waals surface area contributed by atoms with Gasteiger partial charge in [0, 0.05) is 31.4 Å². The Hall–Kier alpha value is -2.41. The number of aryl methyl sites for hydroxylation is 1. The summed E-state index contributed by atoms with van der Waals surface area (Å²) in [7, 11) is 1.55. The molecule has 4 nitrogen and oxygen atoms in total. The Morgan fingerprint density at radius 3 is 2.44 bits per heavy atom. The van der Waals surface area contributed by atoms with Crippen LogP contribution in [0.15, 0.2) is 36.7 Å². The van der Waals surface area contributed by atoms with Gasteiger partial charge >= 0.3 is 6.18 Å². The van der Waals surface area contributed by atoms with Gasteiger partial charge in [0.1, 0.15) is 5.82 Å². The summed E-state index contributed by atoms with van der Waals surface area (Å²) < 4.78 is 39.9. The molecule has 2 heterocycles. The van der Waals surface area contributed by atoms with Gasteiger partial charge in [-0.2, -0.15) is 13.2 Å². The maximum absolute atomic E-state index is 12.8. The summed E-state index contributed by atoms with van der Waals surface area (Å²) in [6.07, 6.45) is 1.21. The Kier molecular flexibility index (Phi) is 4.42. The maximum atomic E-state index is 12.8. The van der Waals surface area contributed by atoms with E-state index in [1.54, 1.807) is 25.4 Å². The number of rotatable bonds is 4. The molecule has 4 rings (SSSR count). The molecule has 0 aliphatic heterocycles. The highest BCUT2D eigenvalue weighted by atomic mass is 35.5. The zero-order valence-corrected chi connectivity index (χ0v) is 15.2. The molecule has 0 N–H and O–H groups in total. The Morgan fingerprint density at radius 1 is 1.15 bits per heavy atom. The third-order valence-corrected chi connectivity index (χ3v) is 4.82. The molecular formula is C19H16ClF3N4. The summed E-state index contributed by atoms with van der Waals surface area (Å²) >= 11 is 5.94. The molecule has 0 radical (unpaired) electrons. The van der Waals surface area contributed by atoms with Crippen molar-refractivity contribution < 1.29 is 13.2 Å². The van der Waals surface area contributed by atoms with Gasteiger partial charge in [-0.25, -0.2) is 15.0 Å². The van der Waals surface area contributed by atoms with Crippen molar-refractivity contribution in [2.45, 2.75) is 31.4 Å². The van der Waals surface area contributed by atoms with Crippen LogP contribution in [0.2, 0.25) is 5.28 Å². The van der Waals surface area contributed by atoms with Crippen LogP contribution in [0.3, 0.4) is 0 Å². The second-order valence-corrected chi connectivity index (χ2v) is 7.09. The van der Waals surface area contributed by atoms with Crippen LogP contribution in [0.1, 0.15) is 41.3 Å². The molecule has 1 aromatic carbocycles. The molecule has 2 aromatic heterocycles. The Bertz CT molecular complexity index is 976. The molecule has 1 fully saturated rings. The number of hydrogen-bond acceptors (Lipinski definition) is 3. The number of nitrogens with zero attached hydrogens (tertiary/aromatic N) is 4. The molecule has 1 aliphatic rings. The lowest BCUT2D eigenvalue weighted by Crippen LogP contribution is -2.04. The van der Waals surface area contributed by atoms with Gasteiger partial charge in [0.25, 0.3) is 0 Å². The van der Waals surface area contributed by atoms with E-state index in [0.29, 0.717) is 17.9 Å². The smallest absolute Gasteiger partial charge is 0.333 e. The summed E-state index contributed by atoms with van der Waals surface area (Å²) in [5.74, 6) is 0.780. The molecular weight excluding hydrogens is 377 g/mol. The molecule has 27 heavy (non-hydrogen) atoms. The largest absolute Gasteiger partial charge is 0.434 e. The van der Waals surface area contributed by atoms with E-state index >= 15 is 0 Å². The van der Waals surface area contributed by atoms with Crippen LogP contribution in [0.4, 0.5) is 13.2 Å². The van der Waals surface area contributed by atoms with Crippen molar-refractivity contribution in [1.29, 1.82) is 0 Å². The monoisotopic (exact) mass is 392 g/mol. The highest BCUT2D eigenvalue weighted by Gasteiger charge is 2.34. The average molecular weight is 393 g/mol. The summed E-state index contributed by atoms with van der Waals surface area (Å²) in [5.41, 5.74) is 2.76. The fourth-order valence-electron chi connectivity index (χ4n) is 3.12. The van der Waals surface area contributed by atoms with Crippen molar-refractivity contribution in [3.63, 3.8) is 0 Å². The standard InChI is InChI=1S/C19H16ClF3N4/c1-27-10-16(19(21,22)23)26-17(27)13-4-2-11(3-5-13)8-15-14(12-6-7-12)9-24-18(20)25-15/h2-5,9-10,12H,6-8H2,1H3. The predicted molar refractivity (Wildman–Crippen MR) is 95.5 cm³/mol. The number of aromatic nitrogens is 4. The van der Waals surface area contributed by atoms with Crippen molar-refractivity contribution in [2.75, 3.05) is 0 Å². The van der Waals surface area contributed by atoms with E-state index in [4.69, 9.17) is 11.6 Å². The molecule has 0 amide bonds. The first-order chi connectivity index (χ1) is 12.8. The molecule has 3 aromatic rings. The average Bonchev–Trinajstić information content (AvgIpc) is 3.36. The van der Waals surface area contributed by atoms with Gasteiger partial charge in [0.05, 0.1) is 5.69 Å². The number of benzene rings is 1. The number of imidazole rings is 1. The van der Waals surface area contributed by atoms with Gasteiger partial charge in [-0.05, 0) is 41.5 Å². The van der Waals surface area contributed by atoms with Crippen molar-refractivity contribution in [3.8, 4) is 11.4 Å². The zero-order valence-electron chi connectivity index (χ0n) is 14.5. The van der Waals surface area contributed by atoms with E-state index in [9.17, 15) is 13.2 Å². The highest BCUT2D eigenvalue weighted by Crippen LogP contribution is 2.41. The van der Waals surface area contributed by atoms with E-state index in [2.05, 4.69) is 15.0 Å². The summed E-state index contributed by atoms with van der Waals surface area (Å²) in [6, 6.07) is 7.31. The Labute approximate surface area is 159 Å². The van der Waals surface area contributed by atoms with Crippen molar-refractivity contribution in [2.24, 2.45) is 7.05 Å². The van der Waals surface area contributed by atoms with E-state index in [0.717, 1.165) is 35.9 Å². The van der Waals surface area contributed by atoms with Crippen LogP contribution in [0.5, 0.6) is 0 Å². The molecule has 0 atom stereocenters. The molecule has 8 heteroatoms. The van der Waals surface area contributed by atoms with E-state index in [1.807, 2.05) is 12.1 Å². The van der Waals surface area contributed by atoms with E-state index in [1.165, 1.54) is 4.57 Å². The van der Waals surface area contributed by atoms with Gasteiger partial charge in [-0.1, -0.05) is 24.3 Å². The van der Waals surface area contributed by atoms with Crippen molar-refractivity contribution in [3.05, 3.63) is 64.5 Å². The maximum Gasteiger partial charge on any atom is 0.434 e. The zero-order chi connectivity index (χ0) is 19.2. The summed E-state index contributed by atoms with van der Waals surface area (Å²) in [5, 5.41) is 0.221. The van der Waals surface area contributed by atoms with Crippen LogP contribution in [-0.4, -0.2) is 19.5 Å². The third-order valence-electron chi connectivity index (χ3n) is 4.64. The first-order valence-corrected chi connectivity index (χ1v) is 8.90. The van der Waals surface area contributed by atoms with Gasteiger partial charge < -0.3 is 4.57 Å². The van der Waals surface area contributed by atoms with Crippen LogP contribution < -0.4 is 0 Å². The molecule has 1 saturated carbocycles. The van der Waals surface area contributed by atoms with Gasteiger partial charge in [-0.15, -0.1) is 0 Å². The van der Waals surface area contributed by atoms with Crippen LogP contribution in [0, 0.1) is 0 Å². The molecule has 0 bridgehead atoms. The Balaban J connectivity index is 1.59. The molecule has 1 aliphatic carbocycles. The van der Waals surface area contributed by atoms with Gasteiger partial charge in [-0.3, -0.25) is 0 Å². The molecule has 0 saturated heterocycles. The first-order valence-electron chi connectivity index (χ1n) is 8.52.